The number of hydrogen-bond donors (Lipinski definition) is 0. The highest BCUT2D eigenvalue weighted by molar-refractivity contribution is 5.77. The normalized spacial score (nSPS) is 27.2. The number of benzene rings is 2. The molecular formula is C33H41NO8. The van der Waals surface area contributed by atoms with Crippen molar-refractivity contribution in [3.8, 4) is 22.6 Å². The SMILES string of the molecule is COc1ccc2cc1-c1cc(ccc1OC)C1CC(OC(C)=O)C(OC(C)=O)C3CCCC(CC(OC(C)=O)CC2)N13. The first-order chi connectivity index (χ1) is 20.2. The first-order valence-corrected chi connectivity index (χ1v) is 14.8. The Kier molecular flexibility index (Phi) is 9.06. The lowest BCUT2D eigenvalue weighted by molar-refractivity contribution is -0.192. The third-order valence-electron chi connectivity index (χ3n) is 8.81. The van der Waals surface area contributed by atoms with E-state index < -0.39 is 24.1 Å². The first-order valence-electron chi connectivity index (χ1n) is 14.8. The van der Waals surface area contributed by atoms with Crippen molar-refractivity contribution >= 4 is 17.9 Å². The number of aryl methyl sites for hydroxylation is 1. The summed E-state index contributed by atoms with van der Waals surface area (Å²) in [5, 5.41) is 0. The largest absolute Gasteiger partial charge is 0.496 e. The number of carbonyl (C=O) groups is 3. The smallest absolute Gasteiger partial charge is 0.303 e. The molecule has 0 spiro atoms. The minimum atomic E-state index is -0.597. The van der Waals surface area contributed by atoms with Crippen molar-refractivity contribution in [3.63, 3.8) is 0 Å². The van der Waals surface area contributed by atoms with Gasteiger partial charge in [-0.2, -0.15) is 0 Å². The van der Waals surface area contributed by atoms with Crippen LogP contribution in [0.25, 0.3) is 11.1 Å². The van der Waals surface area contributed by atoms with Crippen LogP contribution in [0.5, 0.6) is 11.5 Å². The molecule has 2 aromatic carbocycles. The van der Waals surface area contributed by atoms with Crippen molar-refractivity contribution in [2.24, 2.45) is 0 Å². The number of ether oxygens (including phenoxy) is 5. The second-order valence-electron chi connectivity index (χ2n) is 11.6. The molecule has 0 amide bonds. The molecule has 226 valence electrons. The Bertz CT molecular complexity index is 1330. The molecule has 0 N–H and O–H groups in total. The minimum absolute atomic E-state index is 0.0680. The summed E-state index contributed by atoms with van der Waals surface area (Å²) in [6.07, 6.45) is 3.65. The third kappa shape index (κ3) is 6.26. The minimum Gasteiger partial charge on any atom is -0.496 e. The van der Waals surface area contributed by atoms with Gasteiger partial charge < -0.3 is 23.7 Å². The van der Waals surface area contributed by atoms with Crippen LogP contribution in [0.1, 0.15) is 76.5 Å². The van der Waals surface area contributed by atoms with Gasteiger partial charge in [0.2, 0.25) is 0 Å². The lowest BCUT2D eigenvalue weighted by atomic mass is 9.78. The Morgan fingerprint density at radius 2 is 1.43 bits per heavy atom. The summed E-state index contributed by atoms with van der Waals surface area (Å²) in [7, 11) is 3.31. The van der Waals surface area contributed by atoms with Crippen LogP contribution in [-0.2, 0) is 35.0 Å². The highest BCUT2D eigenvalue weighted by atomic mass is 16.6. The molecule has 9 nitrogen and oxygen atoms in total. The molecule has 2 fully saturated rings. The van der Waals surface area contributed by atoms with Crippen molar-refractivity contribution < 1.29 is 38.1 Å². The molecule has 3 aliphatic heterocycles. The lowest BCUT2D eigenvalue weighted by Crippen LogP contribution is -2.62. The summed E-state index contributed by atoms with van der Waals surface area (Å²) < 4.78 is 29.2. The van der Waals surface area contributed by atoms with Gasteiger partial charge in [-0.05, 0) is 67.5 Å². The topological polar surface area (TPSA) is 101 Å². The summed E-state index contributed by atoms with van der Waals surface area (Å²) in [6, 6.07) is 12.1. The summed E-state index contributed by atoms with van der Waals surface area (Å²) in [6.45, 7) is 4.24. The molecule has 0 radical (unpaired) electrons. The van der Waals surface area contributed by atoms with Crippen LogP contribution in [0.2, 0.25) is 0 Å². The van der Waals surface area contributed by atoms with Gasteiger partial charge in [-0.1, -0.05) is 18.6 Å². The van der Waals surface area contributed by atoms with E-state index in [2.05, 4.69) is 29.2 Å². The summed E-state index contributed by atoms with van der Waals surface area (Å²) in [5.74, 6) is 0.338. The zero-order valence-electron chi connectivity index (χ0n) is 25.1. The quantitative estimate of drug-likeness (QED) is 0.351. The number of methoxy groups -OCH3 is 2. The molecule has 3 heterocycles. The van der Waals surface area contributed by atoms with E-state index in [9.17, 15) is 14.4 Å². The maximum atomic E-state index is 12.3. The first kappa shape index (κ1) is 29.9. The van der Waals surface area contributed by atoms with Gasteiger partial charge in [0.1, 0.15) is 23.7 Å². The van der Waals surface area contributed by atoms with Gasteiger partial charge in [0, 0.05) is 50.4 Å². The maximum absolute atomic E-state index is 12.3. The molecule has 0 saturated carbocycles. The molecule has 42 heavy (non-hydrogen) atoms. The van der Waals surface area contributed by atoms with Gasteiger partial charge >= 0.3 is 17.9 Å². The number of rotatable bonds is 5. The monoisotopic (exact) mass is 579 g/mol. The van der Waals surface area contributed by atoms with Gasteiger partial charge in [-0.25, -0.2) is 0 Å². The van der Waals surface area contributed by atoms with E-state index in [0.717, 1.165) is 59.4 Å². The van der Waals surface area contributed by atoms with E-state index in [1.165, 1.54) is 20.8 Å². The number of nitrogens with zero attached hydrogens (tertiary/aromatic N) is 1. The molecular weight excluding hydrogens is 538 g/mol. The maximum Gasteiger partial charge on any atom is 0.303 e. The Morgan fingerprint density at radius 1 is 0.762 bits per heavy atom. The van der Waals surface area contributed by atoms with Gasteiger partial charge in [-0.3, -0.25) is 19.3 Å². The molecule has 5 rings (SSSR count). The van der Waals surface area contributed by atoms with Crippen molar-refractivity contribution in [1.29, 1.82) is 0 Å². The highest BCUT2D eigenvalue weighted by Crippen LogP contribution is 2.47. The average Bonchev–Trinajstić information content (AvgIpc) is 2.95. The fraction of sp³-hybridized carbons (Fsp3) is 0.545. The Labute approximate surface area is 247 Å². The number of piperidine rings is 2. The highest BCUT2D eigenvalue weighted by Gasteiger charge is 2.51. The van der Waals surface area contributed by atoms with Gasteiger partial charge in [-0.15, -0.1) is 0 Å². The zero-order valence-corrected chi connectivity index (χ0v) is 25.1. The van der Waals surface area contributed by atoms with Gasteiger partial charge in [0.25, 0.3) is 0 Å². The Morgan fingerprint density at radius 3 is 2.10 bits per heavy atom. The van der Waals surface area contributed by atoms with Crippen LogP contribution in [0.4, 0.5) is 0 Å². The number of hydrogen-bond acceptors (Lipinski definition) is 9. The van der Waals surface area contributed by atoms with Gasteiger partial charge in [0.15, 0.2) is 6.10 Å². The fourth-order valence-corrected chi connectivity index (χ4v) is 7.25. The van der Waals surface area contributed by atoms with E-state index in [4.69, 9.17) is 23.7 Å². The standard InChI is InChI=1S/C33H41NO8/c1-19(35)40-25-12-9-22-10-13-30(38-4)26(15-22)27-16-23(11-14-31(27)39-5)29-18-32(41-20(2)36)33(42-21(3)37)28-8-6-7-24(17-25)34(28)29/h10-11,13-16,24-25,28-29,32-33H,6-9,12,17-18H2,1-5H3. The van der Waals surface area contributed by atoms with E-state index in [1.54, 1.807) is 14.2 Å². The van der Waals surface area contributed by atoms with E-state index >= 15 is 0 Å². The van der Waals surface area contributed by atoms with Crippen LogP contribution < -0.4 is 9.47 Å². The second kappa shape index (κ2) is 12.7. The Hall–Kier alpha value is -3.59. The lowest BCUT2D eigenvalue weighted by Gasteiger charge is -2.54. The summed E-state index contributed by atoms with van der Waals surface area (Å²) in [4.78, 5) is 39.2. The van der Waals surface area contributed by atoms with Crippen LogP contribution >= 0.6 is 0 Å². The molecule has 9 heteroatoms. The summed E-state index contributed by atoms with van der Waals surface area (Å²) in [5.41, 5.74) is 3.96. The van der Waals surface area contributed by atoms with Crippen LogP contribution in [-0.4, -0.2) is 67.4 Å². The van der Waals surface area contributed by atoms with Crippen LogP contribution in [0.3, 0.4) is 0 Å². The number of fused-ring (bicyclic) bond motifs is 6. The molecule has 6 atom stereocenters. The van der Waals surface area contributed by atoms with E-state index in [1.807, 2.05) is 12.1 Å². The van der Waals surface area contributed by atoms with Crippen LogP contribution in [0.15, 0.2) is 36.4 Å². The van der Waals surface area contributed by atoms with Crippen LogP contribution in [0, 0.1) is 0 Å². The zero-order chi connectivity index (χ0) is 30.0. The predicted octanol–water partition coefficient (Wildman–Crippen LogP) is 5.17. The number of esters is 3. The molecule has 3 aliphatic rings. The molecule has 6 unspecified atom stereocenters. The number of carbonyl (C=O) groups excluding carboxylic acids is 3. The molecule has 2 saturated heterocycles. The van der Waals surface area contributed by atoms with E-state index in [-0.39, 0.29) is 30.2 Å². The Balaban J connectivity index is 1.69. The average molecular weight is 580 g/mol. The second-order valence-corrected chi connectivity index (χ2v) is 11.6. The van der Waals surface area contributed by atoms with Crippen molar-refractivity contribution in [2.45, 2.75) is 102 Å². The molecule has 0 aromatic heterocycles. The van der Waals surface area contributed by atoms with Crippen molar-refractivity contribution in [3.05, 3.63) is 47.5 Å². The van der Waals surface area contributed by atoms with Crippen molar-refractivity contribution in [2.75, 3.05) is 14.2 Å². The molecule has 4 bridgehead atoms. The molecule has 2 aromatic rings. The van der Waals surface area contributed by atoms with Gasteiger partial charge in [0.05, 0.1) is 20.3 Å². The van der Waals surface area contributed by atoms with Crippen molar-refractivity contribution in [1.82, 2.24) is 4.90 Å². The van der Waals surface area contributed by atoms with E-state index in [0.29, 0.717) is 19.3 Å². The molecule has 0 aliphatic carbocycles. The fourth-order valence-electron chi connectivity index (χ4n) is 7.25. The predicted molar refractivity (Wildman–Crippen MR) is 155 cm³/mol. The third-order valence-corrected chi connectivity index (χ3v) is 8.81. The summed E-state index contributed by atoms with van der Waals surface area (Å²) >= 11 is 0.